The highest BCUT2D eigenvalue weighted by Gasteiger charge is 2.07. The molecule has 0 atom stereocenters. The molecule has 2 aromatic carbocycles. The van der Waals surface area contributed by atoms with Crippen LogP contribution in [0.3, 0.4) is 0 Å². The second kappa shape index (κ2) is 9.93. The average Bonchev–Trinajstić information content (AvgIpc) is 2.61. The first kappa shape index (κ1) is 18.3. The highest BCUT2D eigenvalue weighted by Crippen LogP contribution is 2.18. The van der Waals surface area contributed by atoms with Gasteiger partial charge in [-0.3, -0.25) is 0 Å². The van der Waals surface area contributed by atoms with Crippen molar-refractivity contribution in [2.75, 3.05) is 6.54 Å². The van der Waals surface area contributed by atoms with Gasteiger partial charge in [0.25, 0.3) is 0 Å². The summed E-state index contributed by atoms with van der Waals surface area (Å²) in [6, 6.07) is 15.6. The molecule has 0 aliphatic rings. The molecule has 4 nitrogen and oxygen atoms in total. The summed E-state index contributed by atoms with van der Waals surface area (Å²) in [4.78, 5) is 11.5. The fourth-order valence-corrected chi connectivity index (χ4v) is 1.93. The van der Waals surface area contributed by atoms with Crippen LogP contribution in [0, 0.1) is 11.8 Å². The number of carbonyl (C=O) groups excluding carboxylic acids is 1. The van der Waals surface area contributed by atoms with Gasteiger partial charge in [0.15, 0.2) is 0 Å². The lowest BCUT2D eigenvalue weighted by Gasteiger charge is -2.06. The van der Waals surface area contributed by atoms with E-state index in [4.69, 9.17) is 4.74 Å². The fraction of sp³-hybridized carbons (Fsp3) is 0.211. The van der Waals surface area contributed by atoms with Crippen LogP contribution >= 0.6 is 0 Å². The quantitative estimate of drug-likeness (QED) is 0.637. The van der Waals surface area contributed by atoms with E-state index in [2.05, 4.69) is 21.9 Å². The number of hydrogen-bond acceptors (Lipinski definition) is 3. The minimum absolute atomic E-state index is 0.0280. The van der Waals surface area contributed by atoms with E-state index in [1.54, 1.807) is 18.2 Å². The monoisotopic (exact) mass is 345 g/mol. The molecular weight excluding hydrogens is 328 g/mol. The first-order chi connectivity index (χ1) is 12.1. The molecule has 0 unspecified atom stereocenters. The second-order valence-corrected chi connectivity index (χ2v) is 4.91. The lowest BCUT2D eigenvalue weighted by Crippen LogP contribution is -2.24. The van der Waals surface area contributed by atoms with Crippen molar-refractivity contribution in [1.82, 2.24) is 5.32 Å². The fourth-order valence-electron chi connectivity index (χ4n) is 1.93. The molecule has 6 heteroatoms. The number of benzene rings is 2. The van der Waals surface area contributed by atoms with Gasteiger partial charge in [-0.05, 0) is 17.7 Å². The van der Waals surface area contributed by atoms with Crippen molar-refractivity contribution >= 4 is 6.09 Å². The summed E-state index contributed by atoms with van der Waals surface area (Å²) in [7, 11) is 0. The molecule has 1 N–H and O–H groups in total. The zero-order chi connectivity index (χ0) is 17.9. The van der Waals surface area contributed by atoms with Gasteiger partial charge in [0.1, 0.15) is 12.4 Å². The van der Waals surface area contributed by atoms with Crippen LogP contribution < -0.4 is 10.1 Å². The van der Waals surface area contributed by atoms with Gasteiger partial charge < -0.3 is 14.8 Å². The van der Waals surface area contributed by atoms with Gasteiger partial charge in [-0.15, -0.1) is 0 Å². The molecule has 0 bridgehead atoms. The number of alkyl halides is 2. The SMILES string of the molecule is O=C(NCCC#Cc1ccccc1OC(F)F)OCc1ccccc1. The summed E-state index contributed by atoms with van der Waals surface area (Å²) in [6.45, 7) is -2.42. The van der Waals surface area contributed by atoms with E-state index >= 15 is 0 Å². The number of para-hydroxylation sites is 1. The number of halogens is 2. The third-order valence-corrected chi connectivity index (χ3v) is 3.06. The van der Waals surface area contributed by atoms with Gasteiger partial charge in [-0.25, -0.2) is 4.79 Å². The van der Waals surface area contributed by atoms with Gasteiger partial charge in [0.2, 0.25) is 0 Å². The van der Waals surface area contributed by atoms with Crippen molar-refractivity contribution in [3.63, 3.8) is 0 Å². The number of ether oxygens (including phenoxy) is 2. The lowest BCUT2D eigenvalue weighted by molar-refractivity contribution is -0.0500. The molecule has 0 spiro atoms. The number of amides is 1. The van der Waals surface area contributed by atoms with Crippen LogP contribution in [0.2, 0.25) is 0 Å². The smallest absolute Gasteiger partial charge is 0.407 e. The predicted octanol–water partition coefficient (Wildman–Crippen LogP) is 3.96. The molecule has 25 heavy (non-hydrogen) atoms. The molecule has 0 radical (unpaired) electrons. The molecule has 130 valence electrons. The predicted molar refractivity (Wildman–Crippen MR) is 89.2 cm³/mol. The van der Waals surface area contributed by atoms with E-state index in [0.717, 1.165) is 5.56 Å². The summed E-state index contributed by atoms with van der Waals surface area (Å²) in [5.41, 5.74) is 1.27. The topological polar surface area (TPSA) is 47.6 Å². The van der Waals surface area contributed by atoms with Crippen molar-refractivity contribution in [2.45, 2.75) is 19.6 Å². The average molecular weight is 345 g/mol. The zero-order valence-corrected chi connectivity index (χ0v) is 13.4. The van der Waals surface area contributed by atoms with Gasteiger partial charge in [-0.1, -0.05) is 54.3 Å². The van der Waals surface area contributed by atoms with Crippen LogP contribution in [0.4, 0.5) is 13.6 Å². The number of carbonyl (C=O) groups is 1. The Morgan fingerprint density at radius 3 is 2.56 bits per heavy atom. The van der Waals surface area contributed by atoms with Crippen molar-refractivity contribution in [1.29, 1.82) is 0 Å². The highest BCUT2D eigenvalue weighted by molar-refractivity contribution is 5.67. The summed E-state index contributed by atoms with van der Waals surface area (Å²) < 4.78 is 34.0. The number of alkyl carbamates (subject to hydrolysis) is 1. The van der Waals surface area contributed by atoms with Crippen molar-refractivity contribution < 1.29 is 23.0 Å². The maximum Gasteiger partial charge on any atom is 0.407 e. The zero-order valence-electron chi connectivity index (χ0n) is 13.4. The van der Waals surface area contributed by atoms with E-state index in [-0.39, 0.29) is 12.4 Å². The number of nitrogens with one attached hydrogen (secondary N) is 1. The standard InChI is InChI=1S/C19H17F2NO3/c20-18(21)25-17-12-5-4-10-16(17)11-6-7-13-22-19(23)24-14-15-8-2-1-3-9-15/h1-5,8-10,12,18H,7,13-14H2,(H,22,23). The second-order valence-electron chi connectivity index (χ2n) is 4.91. The van der Waals surface area contributed by atoms with Crippen LogP contribution in [-0.2, 0) is 11.3 Å². The third kappa shape index (κ3) is 6.92. The molecule has 2 aromatic rings. The van der Waals surface area contributed by atoms with Crippen LogP contribution in [0.1, 0.15) is 17.5 Å². The summed E-state index contributed by atoms with van der Waals surface area (Å²) in [5, 5.41) is 2.57. The van der Waals surface area contributed by atoms with E-state index in [9.17, 15) is 13.6 Å². The summed E-state index contributed by atoms with van der Waals surface area (Å²) >= 11 is 0. The Morgan fingerprint density at radius 1 is 1.08 bits per heavy atom. The molecule has 2 rings (SSSR count). The molecule has 1 amide bonds. The molecule has 0 aromatic heterocycles. The Labute approximate surface area is 144 Å². The molecule has 0 saturated carbocycles. The molecular formula is C19H17F2NO3. The summed E-state index contributed by atoms with van der Waals surface area (Å²) in [5.74, 6) is 5.58. The molecule has 0 aliphatic heterocycles. The maximum absolute atomic E-state index is 12.3. The first-order valence-corrected chi connectivity index (χ1v) is 7.62. The van der Waals surface area contributed by atoms with Gasteiger partial charge in [0, 0.05) is 13.0 Å². The van der Waals surface area contributed by atoms with E-state index in [1.165, 1.54) is 6.07 Å². The Morgan fingerprint density at radius 2 is 1.80 bits per heavy atom. The van der Waals surface area contributed by atoms with E-state index < -0.39 is 12.7 Å². The Bertz CT molecular complexity index is 739. The van der Waals surface area contributed by atoms with Gasteiger partial charge >= 0.3 is 12.7 Å². The maximum atomic E-state index is 12.3. The Balaban J connectivity index is 1.73. The summed E-state index contributed by atoms with van der Waals surface area (Å²) in [6.07, 6.45) is -0.184. The Hall–Kier alpha value is -3.07. The van der Waals surface area contributed by atoms with Gasteiger partial charge in [0.05, 0.1) is 5.56 Å². The molecule has 0 aliphatic carbocycles. The highest BCUT2D eigenvalue weighted by atomic mass is 19.3. The minimum Gasteiger partial charge on any atom is -0.445 e. The van der Waals surface area contributed by atoms with Crippen molar-refractivity contribution in [3.05, 3.63) is 65.7 Å². The minimum atomic E-state index is -2.90. The van der Waals surface area contributed by atoms with Crippen molar-refractivity contribution in [2.24, 2.45) is 0 Å². The normalized spacial score (nSPS) is 9.88. The van der Waals surface area contributed by atoms with Crippen LogP contribution in [0.15, 0.2) is 54.6 Å². The van der Waals surface area contributed by atoms with Crippen LogP contribution in [0.5, 0.6) is 5.75 Å². The van der Waals surface area contributed by atoms with E-state index in [0.29, 0.717) is 18.5 Å². The number of hydrogen-bond donors (Lipinski definition) is 1. The van der Waals surface area contributed by atoms with Crippen LogP contribution in [0.25, 0.3) is 0 Å². The number of rotatable bonds is 6. The van der Waals surface area contributed by atoms with Crippen molar-refractivity contribution in [3.8, 4) is 17.6 Å². The first-order valence-electron chi connectivity index (χ1n) is 7.62. The lowest BCUT2D eigenvalue weighted by atomic mass is 10.2. The molecule has 0 heterocycles. The van der Waals surface area contributed by atoms with Crippen LogP contribution in [-0.4, -0.2) is 19.2 Å². The van der Waals surface area contributed by atoms with Gasteiger partial charge in [-0.2, -0.15) is 8.78 Å². The Kier molecular flexibility index (Phi) is 7.26. The largest absolute Gasteiger partial charge is 0.445 e. The third-order valence-electron chi connectivity index (χ3n) is 3.06. The van der Waals surface area contributed by atoms with E-state index in [1.807, 2.05) is 30.3 Å². The molecule has 0 fully saturated rings. The molecule has 0 saturated heterocycles.